The summed E-state index contributed by atoms with van der Waals surface area (Å²) < 4.78 is 6.60. The van der Waals surface area contributed by atoms with Gasteiger partial charge >= 0.3 is 0 Å². The summed E-state index contributed by atoms with van der Waals surface area (Å²) in [7, 11) is 0. The van der Waals surface area contributed by atoms with Crippen molar-refractivity contribution in [3.8, 4) is 79.0 Å². The molecule has 0 saturated heterocycles. The predicted octanol–water partition coefficient (Wildman–Crippen LogP) is 14.6. The Balaban J connectivity index is 1.04. The lowest BCUT2D eigenvalue weighted by Crippen LogP contribution is -2.14. The summed E-state index contributed by atoms with van der Waals surface area (Å²) in [6, 6.07) is 68.0. The maximum Gasteiger partial charge on any atom is 0.227 e. The third-order valence-corrected chi connectivity index (χ3v) is 12.6. The molecule has 0 saturated carbocycles. The second-order valence-electron chi connectivity index (χ2n) is 16.6. The summed E-state index contributed by atoms with van der Waals surface area (Å²) in [5, 5.41) is 4.25. The summed E-state index contributed by atoms with van der Waals surface area (Å²) >= 11 is 0. The third kappa shape index (κ3) is 5.77. The van der Waals surface area contributed by atoms with Crippen LogP contribution in [-0.4, -0.2) is 19.9 Å². The van der Waals surface area contributed by atoms with Crippen molar-refractivity contribution in [2.45, 2.75) is 19.3 Å². The summed E-state index contributed by atoms with van der Waals surface area (Å²) in [5.41, 5.74) is 14.8. The smallest absolute Gasteiger partial charge is 0.227 e. The molecule has 0 amide bonds. The van der Waals surface area contributed by atoms with Crippen LogP contribution in [0.3, 0.4) is 0 Å². The van der Waals surface area contributed by atoms with E-state index in [-0.39, 0.29) is 5.41 Å². The fourth-order valence-corrected chi connectivity index (χ4v) is 9.47. The van der Waals surface area contributed by atoms with Crippen LogP contribution < -0.4 is 0 Å². The van der Waals surface area contributed by atoms with Gasteiger partial charge in [0, 0.05) is 33.1 Å². The van der Waals surface area contributed by atoms with Crippen LogP contribution in [0.25, 0.3) is 112 Å². The standard InChI is InChI=1S/C57H38N4O/c1-57(2)48-23-12-11-21-44(48)47-34-40(28-32-49(47)57)54-59-53(38-26-24-36(25-27-38)35-14-5-3-6-15-35)60-55(61-54)46-31-30-43(41-19-9-10-20-42(41)46)45-22-13-18-37-29-33-50-52(51(37)45)62-56(58-50)39-16-7-4-8-17-39/h3-34H,1-2H3. The maximum atomic E-state index is 6.60. The quantitative estimate of drug-likeness (QED) is 0.168. The zero-order chi connectivity index (χ0) is 41.4. The molecule has 62 heavy (non-hydrogen) atoms. The Bertz CT molecular complexity index is 3540. The van der Waals surface area contributed by atoms with Crippen molar-refractivity contribution in [3.05, 3.63) is 205 Å². The second-order valence-corrected chi connectivity index (χ2v) is 16.6. The molecule has 292 valence electrons. The molecule has 12 rings (SSSR count). The fourth-order valence-electron chi connectivity index (χ4n) is 9.47. The molecule has 0 fully saturated rings. The van der Waals surface area contributed by atoms with E-state index >= 15 is 0 Å². The van der Waals surface area contributed by atoms with E-state index < -0.39 is 0 Å². The molecule has 9 aromatic carbocycles. The van der Waals surface area contributed by atoms with E-state index in [0.717, 1.165) is 77.2 Å². The van der Waals surface area contributed by atoms with Gasteiger partial charge in [-0.1, -0.05) is 178 Å². The Hall–Kier alpha value is -8.02. The second kappa shape index (κ2) is 14.0. The molecule has 0 atom stereocenters. The highest BCUT2D eigenvalue weighted by molar-refractivity contribution is 6.15. The van der Waals surface area contributed by atoms with Gasteiger partial charge in [0.2, 0.25) is 5.89 Å². The Labute approximate surface area is 359 Å². The molecule has 0 spiro atoms. The van der Waals surface area contributed by atoms with Crippen LogP contribution in [0.15, 0.2) is 199 Å². The lowest BCUT2D eigenvalue weighted by Gasteiger charge is -2.21. The first-order valence-corrected chi connectivity index (χ1v) is 21.0. The van der Waals surface area contributed by atoms with Gasteiger partial charge in [-0.15, -0.1) is 0 Å². The van der Waals surface area contributed by atoms with Gasteiger partial charge in [0.15, 0.2) is 23.1 Å². The van der Waals surface area contributed by atoms with Gasteiger partial charge in [-0.25, -0.2) is 19.9 Å². The fraction of sp³-hybridized carbons (Fsp3) is 0.0526. The Morgan fingerprint density at radius 2 is 0.952 bits per heavy atom. The van der Waals surface area contributed by atoms with Crippen molar-refractivity contribution in [3.63, 3.8) is 0 Å². The maximum absolute atomic E-state index is 6.60. The highest BCUT2D eigenvalue weighted by atomic mass is 16.3. The first-order chi connectivity index (χ1) is 30.5. The van der Waals surface area contributed by atoms with Gasteiger partial charge in [-0.2, -0.15) is 0 Å². The number of rotatable bonds is 6. The molecule has 5 nitrogen and oxygen atoms in total. The molecule has 11 aromatic rings. The minimum Gasteiger partial charge on any atom is -0.435 e. The number of aromatic nitrogens is 4. The number of benzene rings is 9. The zero-order valence-electron chi connectivity index (χ0n) is 34.2. The van der Waals surface area contributed by atoms with E-state index in [4.69, 9.17) is 24.4 Å². The van der Waals surface area contributed by atoms with E-state index in [2.05, 4.69) is 166 Å². The summed E-state index contributed by atoms with van der Waals surface area (Å²) in [6.07, 6.45) is 0. The average molecular weight is 795 g/mol. The SMILES string of the molecule is CC1(C)c2ccccc2-c2cc(-c3nc(-c4ccc(-c5ccccc5)cc4)nc(-c4ccc(-c5cccc6ccc7nc(-c8ccccc8)oc7c56)c5ccccc45)n3)ccc21. The van der Waals surface area contributed by atoms with Crippen molar-refractivity contribution < 1.29 is 4.42 Å². The largest absolute Gasteiger partial charge is 0.435 e. The Morgan fingerprint density at radius 3 is 1.74 bits per heavy atom. The Kier molecular flexibility index (Phi) is 8.12. The van der Waals surface area contributed by atoms with Crippen molar-refractivity contribution in [1.82, 2.24) is 19.9 Å². The molecule has 0 aliphatic heterocycles. The number of fused-ring (bicyclic) bond motifs is 7. The Morgan fingerprint density at radius 1 is 0.371 bits per heavy atom. The molecule has 0 radical (unpaired) electrons. The van der Waals surface area contributed by atoms with E-state index in [1.807, 2.05) is 42.5 Å². The lowest BCUT2D eigenvalue weighted by atomic mass is 9.82. The van der Waals surface area contributed by atoms with Crippen LogP contribution in [-0.2, 0) is 5.41 Å². The first kappa shape index (κ1) is 35.9. The molecule has 0 N–H and O–H groups in total. The van der Waals surface area contributed by atoms with Crippen LogP contribution in [0.5, 0.6) is 0 Å². The van der Waals surface area contributed by atoms with Crippen molar-refractivity contribution in [1.29, 1.82) is 0 Å². The lowest BCUT2D eigenvalue weighted by molar-refractivity contribution is 0.623. The molecule has 5 heteroatoms. The summed E-state index contributed by atoms with van der Waals surface area (Å²) in [4.78, 5) is 20.7. The summed E-state index contributed by atoms with van der Waals surface area (Å²) in [5.74, 6) is 2.47. The summed E-state index contributed by atoms with van der Waals surface area (Å²) in [6.45, 7) is 4.61. The number of oxazole rings is 1. The zero-order valence-corrected chi connectivity index (χ0v) is 34.2. The van der Waals surface area contributed by atoms with E-state index in [1.165, 1.54) is 22.3 Å². The minimum atomic E-state index is -0.103. The van der Waals surface area contributed by atoms with Crippen molar-refractivity contribution in [2.24, 2.45) is 0 Å². The topological polar surface area (TPSA) is 64.7 Å². The van der Waals surface area contributed by atoms with Gasteiger partial charge in [-0.3, -0.25) is 0 Å². The van der Waals surface area contributed by atoms with Gasteiger partial charge in [-0.05, 0) is 91.0 Å². The van der Waals surface area contributed by atoms with Crippen LogP contribution in [0.4, 0.5) is 0 Å². The van der Waals surface area contributed by atoms with Gasteiger partial charge in [0.1, 0.15) is 5.52 Å². The molecule has 0 unspecified atom stereocenters. The average Bonchev–Trinajstić information content (AvgIpc) is 3.88. The molecule has 2 heterocycles. The van der Waals surface area contributed by atoms with Crippen LogP contribution in [0, 0.1) is 0 Å². The molecular formula is C57H38N4O. The highest BCUT2D eigenvalue weighted by Crippen LogP contribution is 2.49. The van der Waals surface area contributed by atoms with Crippen molar-refractivity contribution in [2.75, 3.05) is 0 Å². The predicted molar refractivity (Wildman–Crippen MR) is 253 cm³/mol. The molecule has 1 aliphatic carbocycles. The van der Waals surface area contributed by atoms with Crippen LogP contribution in [0.1, 0.15) is 25.0 Å². The van der Waals surface area contributed by atoms with Crippen LogP contribution >= 0.6 is 0 Å². The molecule has 2 aromatic heterocycles. The van der Waals surface area contributed by atoms with E-state index in [1.54, 1.807) is 0 Å². The molecule has 0 bridgehead atoms. The normalized spacial score (nSPS) is 12.8. The first-order valence-electron chi connectivity index (χ1n) is 21.0. The van der Waals surface area contributed by atoms with Gasteiger partial charge in [0.25, 0.3) is 0 Å². The molecule has 1 aliphatic rings. The van der Waals surface area contributed by atoms with Crippen molar-refractivity contribution >= 4 is 32.6 Å². The number of nitrogens with zero attached hydrogens (tertiary/aromatic N) is 4. The van der Waals surface area contributed by atoms with E-state index in [9.17, 15) is 0 Å². The third-order valence-electron chi connectivity index (χ3n) is 12.6. The van der Waals surface area contributed by atoms with Gasteiger partial charge in [0.05, 0.1) is 0 Å². The van der Waals surface area contributed by atoms with Gasteiger partial charge < -0.3 is 4.42 Å². The monoisotopic (exact) mass is 794 g/mol. The van der Waals surface area contributed by atoms with E-state index in [0.29, 0.717) is 23.4 Å². The van der Waals surface area contributed by atoms with Crippen LogP contribution in [0.2, 0.25) is 0 Å². The number of hydrogen-bond donors (Lipinski definition) is 0. The highest BCUT2D eigenvalue weighted by Gasteiger charge is 2.35. The molecular weight excluding hydrogens is 757 g/mol. The minimum absolute atomic E-state index is 0.103. The number of hydrogen-bond acceptors (Lipinski definition) is 5.